The highest BCUT2D eigenvalue weighted by atomic mass is 16.5. The van der Waals surface area contributed by atoms with Gasteiger partial charge in [-0.25, -0.2) is 4.79 Å². The van der Waals surface area contributed by atoms with Crippen LogP contribution in [-0.2, 0) is 9.53 Å². The Kier molecular flexibility index (Phi) is 5.35. The van der Waals surface area contributed by atoms with Crippen molar-refractivity contribution in [1.29, 1.82) is 0 Å². The number of hydrogen-bond acceptors (Lipinski definition) is 4. The first-order chi connectivity index (χ1) is 13.5. The summed E-state index contributed by atoms with van der Waals surface area (Å²) in [4.78, 5) is 24.8. The van der Waals surface area contributed by atoms with Crippen molar-refractivity contribution in [2.45, 2.75) is 58.4 Å². The van der Waals surface area contributed by atoms with Crippen LogP contribution in [0.3, 0.4) is 0 Å². The van der Waals surface area contributed by atoms with Crippen molar-refractivity contribution in [1.82, 2.24) is 5.32 Å². The highest BCUT2D eigenvalue weighted by Crippen LogP contribution is 2.61. The SMILES string of the molecule is CCOc1ccccc1C(=O)OCC(=O)NC(C)C12CC3CC(CC(C3)C1)C2. The molecule has 4 saturated carbocycles. The van der Waals surface area contributed by atoms with Gasteiger partial charge in [-0.2, -0.15) is 0 Å². The molecule has 28 heavy (non-hydrogen) atoms. The van der Waals surface area contributed by atoms with Gasteiger partial charge in [0.05, 0.1) is 6.61 Å². The lowest BCUT2D eigenvalue weighted by molar-refractivity contribution is -0.128. The molecule has 1 N–H and O–H groups in total. The third kappa shape index (κ3) is 3.76. The minimum atomic E-state index is -0.526. The van der Waals surface area contributed by atoms with Crippen LogP contribution in [0.4, 0.5) is 0 Å². The Hall–Kier alpha value is -2.04. The third-order valence-corrected chi connectivity index (χ3v) is 7.12. The van der Waals surface area contributed by atoms with Crippen LogP contribution >= 0.6 is 0 Å². The van der Waals surface area contributed by atoms with Crippen LogP contribution in [0.15, 0.2) is 24.3 Å². The molecular formula is C23H31NO4. The zero-order valence-corrected chi connectivity index (χ0v) is 16.9. The number of rotatable bonds is 7. The Bertz CT molecular complexity index is 709. The Balaban J connectivity index is 1.32. The van der Waals surface area contributed by atoms with E-state index in [9.17, 15) is 9.59 Å². The van der Waals surface area contributed by atoms with Gasteiger partial charge >= 0.3 is 5.97 Å². The average molecular weight is 386 g/mol. The molecule has 0 aliphatic heterocycles. The van der Waals surface area contributed by atoms with Gasteiger partial charge < -0.3 is 14.8 Å². The van der Waals surface area contributed by atoms with Gasteiger partial charge in [-0.3, -0.25) is 4.79 Å². The summed E-state index contributed by atoms with van der Waals surface area (Å²) in [6, 6.07) is 7.08. The topological polar surface area (TPSA) is 64.6 Å². The number of para-hydroxylation sites is 1. The normalized spacial score (nSPS) is 31.3. The molecule has 0 aromatic heterocycles. The first kappa shape index (κ1) is 19.3. The Labute approximate surface area is 167 Å². The van der Waals surface area contributed by atoms with Crippen molar-refractivity contribution in [3.8, 4) is 5.75 Å². The molecule has 5 nitrogen and oxygen atoms in total. The van der Waals surface area contributed by atoms with E-state index < -0.39 is 5.97 Å². The van der Waals surface area contributed by atoms with E-state index in [-0.39, 0.29) is 24.0 Å². The molecule has 4 aliphatic carbocycles. The maximum absolute atomic E-state index is 12.5. The number of ether oxygens (including phenoxy) is 2. The molecule has 4 bridgehead atoms. The molecule has 152 valence electrons. The zero-order valence-electron chi connectivity index (χ0n) is 16.9. The van der Waals surface area contributed by atoms with Gasteiger partial charge in [-0.1, -0.05) is 12.1 Å². The molecule has 4 aliphatic rings. The summed E-state index contributed by atoms with van der Waals surface area (Å²) in [7, 11) is 0. The van der Waals surface area contributed by atoms with E-state index in [1.165, 1.54) is 38.5 Å². The van der Waals surface area contributed by atoms with Crippen LogP contribution in [0.1, 0.15) is 62.7 Å². The van der Waals surface area contributed by atoms with Crippen LogP contribution in [0.2, 0.25) is 0 Å². The number of nitrogens with one attached hydrogen (secondary N) is 1. The standard InChI is InChI=1S/C23H31NO4/c1-3-27-20-7-5-4-6-19(20)22(26)28-14-21(25)24-15(2)23-11-16-8-17(12-23)10-18(9-16)13-23/h4-7,15-18H,3,8-14H2,1-2H3,(H,24,25). The molecular weight excluding hydrogens is 354 g/mol. The highest BCUT2D eigenvalue weighted by molar-refractivity contribution is 5.94. The number of benzene rings is 1. The largest absolute Gasteiger partial charge is 0.493 e. The Morgan fingerprint density at radius 2 is 1.71 bits per heavy atom. The van der Waals surface area contributed by atoms with Crippen molar-refractivity contribution in [2.75, 3.05) is 13.2 Å². The summed E-state index contributed by atoms with van der Waals surface area (Å²) in [5.74, 6) is 2.28. The number of carbonyl (C=O) groups excluding carboxylic acids is 2. The van der Waals surface area contributed by atoms with Crippen LogP contribution in [0, 0.1) is 23.2 Å². The molecule has 0 spiro atoms. The van der Waals surface area contributed by atoms with Gasteiger partial charge in [0, 0.05) is 6.04 Å². The van der Waals surface area contributed by atoms with E-state index in [2.05, 4.69) is 12.2 Å². The average Bonchev–Trinajstić information content (AvgIpc) is 2.66. The molecule has 1 aromatic rings. The minimum absolute atomic E-state index is 0.128. The number of amides is 1. The minimum Gasteiger partial charge on any atom is -0.493 e. The van der Waals surface area contributed by atoms with Gasteiger partial charge in [-0.05, 0) is 87.7 Å². The van der Waals surface area contributed by atoms with Gasteiger partial charge in [0.25, 0.3) is 5.91 Å². The van der Waals surface area contributed by atoms with E-state index in [0.29, 0.717) is 17.9 Å². The lowest BCUT2D eigenvalue weighted by atomic mass is 9.48. The smallest absolute Gasteiger partial charge is 0.342 e. The molecule has 0 radical (unpaired) electrons. The Morgan fingerprint density at radius 3 is 2.32 bits per heavy atom. The van der Waals surface area contributed by atoms with Gasteiger partial charge in [-0.15, -0.1) is 0 Å². The maximum Gasteiger partial charge on any atom is 0.342 e. The molecule has 5 heteroatoms. The van der Waals surface area contributed by atoms with E-state index in [0.717, 1.165) is 17.8 Å². The summed E-state index contributed by atoms with van der Waals surface area (Å²) in [5.41, 5.74) is 0.599. The molecule has 1 unspecified atom stereocenters. The molecule has 1 aromatic carbocycles. The molecule has 1 amide bonds. The Morgan fingerprint density at radius 1 is 1.11 bits per heavy atom. The second-order valence-corrected chi connectivity index (χ2v) is 9.07. The zero-order chi connectivity index (χ0) is 19.7. The van der Waals surface area contributed by atoms with E-state index >= 15 is 0 Å². The summed E-state index contributed by atoms with van der Waals surface area (Å²) >= 11 is 0. The van der Waals surface area contributed by atoms with Gasteiger partial charge in [0.1, 0.15) is 11.3 Å². The van der Waals surface area contributed by atoms with Crippen LogP contribution in [0.25, 0.3) is 0 Å². The second kappa shape index (κ2) is 7.76. The van der Waals surface area contributed by atoms with Crippen LogP contribution < -0.4 is 10.1 Å². The maximum atomic E-state index is 12.5. The quantitative estimate of drug-likeness (QED) is 0.722. The second-order valence-electron chi connectivity index (χ2n) is 9.07. The van der Waals surface area contributed by atoms with Crippen molar-refractivity contribution >= 4 is 11.9 Å². The molecule has 0 saturated heterocycles. The lowest BCUT2D eigenvalue weighted by Crippen LogP contribution is -2.56. The first-order valence-corrected chi connectivity index (χ1v) is 10.7. The summed E-state index contributed by atoms with van der Waals surface area (Å²) in [6.45, 7) is 4.21. The number of hydrogen-bond donors (Lipinski definition) is 1. The predicted octanol–water partition coefficient (Wildman–Crippen LogP) is 3.96. The van der Waals surface area contributed by atoms with Crippen molar-refractivity contribution in [3.05, 3.63) is 29.8 Å². The summed E-state index contributed by atoms with van der Waals surface area (Å²) < 4.78 is 10.7. The highest BCUT2D eigenvalue weighted by Gasteiger charge is 2.53. The fourth-order valence-corrected chi connectivity index (χ4v) is 6.27. The third-order valence-electron chi connectivity index (χ3n) is 7.12. The van der Waals surface area contributed by atoms with E-state index in [1.54, 1.807) is 18.2 Å². The predicted molar refractivity (Wildman–Crippen MR) is 106 cm³/mol. The van der Waals surface area contributed by atoms with Gasteiger partial charge in [0.15, 0.2) is 6.61 Å². The molecule has 1 atom stereocenters. The molecule has 5 rings (SSSR count). The molecule has 0 heterocycles. The fourth-order valence-electron chi connectivity index (χ4n) is 6.27. The number of esters is 1. The summed E-state index contributed by atoms with van der Waals surface area (Å²) in [6.07, 6.45) is 7.87. The van der Waals surface area contributed by atoms with Crippen LogP contribution in [0.5, 0.6) is 5.75 Å². The molecule has 4 fully saturated rings. The fraction of sp³-hybridized carbons (Fsp3) is 0.652. The number of carbonyl (C=O) groups is 2. The van der Waals surface area contributed by atoms with E-state index in [4.69, 9.17) is 9.47 Å². The van der Waals surface area contributed by atoms with Gasteiger partial charge in [0.2, 0.25) is 0 Å². The van der Waals surface area contributed by atoms with Crippen molar-refractivity contribution in [3.63, 3.8) is 0 Å². The monoisotopic (exact) mass is 385 g/mol. The first-order valence-electron chi connectivity index (χ1n) is 10.7. The van der Waals surface area contributed by atoms with E-state index in [1.807, 2.05) is 13.0 Å². The summed E-state index contributed by atoms with van der Waals surface area (Å²) in [5, 5.41) is 3.14. The van der Waals surface area contributed by atoms with Crippen molar-refractivity contribution < 1.29 is 19.1 Å². The van der Waals surface area contributed by atoms with Crippen LogP contribution in [-0.4, -0.2) is 31.1 Å². The van der Waals surface area contributed by atoms with Crippen molar-refractivity contribution in [2.24, 2.45) is 23.2 Å². The lowest BCUT2D eigenvalue weighted by Gasteiger charge is -2.59.